The summed E-state index contributed by atoms with van der Waals surface area (Å²) < 4.78 is 23.4. The lowest BCUT2D eigenvalue weighted by atomic mass is 10.1. The molecule has 0 aliphatic rings. The molecule has 0 aliphatic heterocycles. The van der Waals surface area contributed by atoms with Crippen LogP contribution in [0, 0.1) is 0 Å². The summed E-state index contributed by atoms with van der Waals surface area (Å²) >= 11 is 5.03. The molecular weight excluding hydrogens is 498 g/mol. The van der Waals surface area contributed by atoms with Crippen molar-refractivity contribution in [3.05, 3.63) is 63.7 Å². The van der Waals surface area contributed by atoms with Crippen molar-refractivity contribution >= 4 is 59.5 Å². The van der Waals surface area contributed by atoms with Gasteiger partial charge in [-0.1, -0.05) is 28.1 Å². The Morgan fingerprint density at radius 3 is 2.81 bits per heavy atom. The summed E-state index contributed by atoms with van der Waals surface area (Å²) in [5.74, 6) is 0.840. The highest BCUT2D eigenvalue weighted by atomic mass is 79.9. The molecule has 160 valence electrons. The smallest absolute Gasteiger partial charge is 0.148 e. The lowest BCUT2D eigenvalue weighted by molar-refractivity contribution is 0.596. The molecule has 4 rings (SSSR count). The van der Waals surface area contributed by atoms with Crippen LogP contribution in [0.2, 0.25) is 0 Å². The van der Waals surface area contributed by atoms with E-state index in [0.29, 0.717) is 13.1 Å². The van der Waals surface area contributed by atoms with Gasteiger partial charge in [-0.15, -0.1) is 11.3 Å². The van der Waals surface area contributed by atoms with Gasteiger partial charge in [-0.25, -0.2) is 23.4 Å². The number of hydrogen-bond acceptors (Lipinski definition) is 8. The zero-order valence-corrected chi connectivity index (χ0v) is 19.9. The molecule has 2 heterocycles. The van der Waals surface area contributed by atoms with Crippen LogP contribution in [0.25, 0.3) is 22.2 Å². The number of nitrogens with one attached hydrogen (secondary N) is 2. The predicted molar refractivity (Wildman–Crippen MR) is 129 cm³/mol. The van der Waals surface area contributed by atoms with Crippen LogP contribution in [0.3, 0.4) is 0 Å². The van der Waals surface area contributed by atoms with Crippen molar-refractivity contribution in [3.63, 3.8) is 0 Å². The number of benzene rings is 2. The first kappa shape index (κ1) is 21.8. The minimum absolute atomic E-state index is 0.115. The summed E-state index contributed by atoms with van der Waals surface area (Å²) in [6, 6.07) is 13.9. The van der Waals surface area contributed by atoms with E-state index in [1.54, 1.807) is 17.7 Å². The van der Waals surface area contributed by atoms with Gasteiger partial charge in [0.25, 0.3) is 0 Å². The van der Waals surface area contributed by atoms with Gasteiger partial charge in [-0.2, -0.15) is 0 Å². The van der Waals surface area contributed by atoms with Crippen molar-refractivity contribution in [2.75, 3.05) is 23.9 Å². The fourth-order valence-electron chi connectivity index (χ4n) is 3.00. The fraction of sp³-hybridized carbons (Fsp3) is 0.190. The van der Waals surface area contributed by atoms with Gasteiger partial charge in [0, 0.05) is 45.8 Å². The van der Waals surface area contributed by atoms with Crippen LogP contribution in [0.15, 0.2) is 58.6 Å². The number of hydrogen-bond donors (Lipinski definition) is 2. The molecule has 0 fully saturated rings. The van der Waals surface area contributed by atoms with E-state index in [-0.39, 0.29) is 5.75 Å². The molecule has 0 spiro atoms. The topological polar surface area (TPSA) is 96.9 Å². The minimum atomic E-state index is -2.97. The van der Waals surface area contributed by atoms with Crippen LogP contribution in [0.4, 0.5) is 11.5 Å². The summed E-state index contributed by atoms with van der Waals surface area (Å²) in [7, 11) is -2.97. The highest BCUT2D eigenvalue weighted by Gasteiger charge is 2.10. The van der Waals surface area contributed by atoms with Crippen molar-refractivity contribution in [3.8, 4) is 11.3 Å². The second kappa shape index (κ2) is 9.39. The van der Waals surface area contributed by atoms with Crippen LogP contribution in [-0.4, -0.2) is 41.9 Å². The first-order chi connectivity index (χ1) is 14.9. The Labute approximate surface area is 193 Å². The zero-order chi connectivity index (χ0) is 21.8. The Kier molecular flexibility index (Phi) is 6.61. The van der Waals surface area contributed by atoms with Gasteiger partial charge in [0.1, 0.15) is 27.0 Å². The van der Waals surface area contributed by atoms with E-state index in [2.05, 4.69) is 41.5 Å². The number of anilines is 2. The van der Waals surface area contributed by atoms with Crippen molar-refractivity contribution in [2.24, 2.45) is 0 Å². The molecule has 0 aliphatic carbocycles. The number of thiazole rings is 1. The van der Waals surface area contributed by atoms with E-state index in [9.17, 15) is 8.42 Å². The molecule has 0 saturated heterocycles. The van der Waals surface area contributed by atoms with Crippen molar-refractivity contribution in [1.29, 1.82) is 0 Å². The molecule has 10 heteroatoms. The Hall–Kier alpha value is -2.40. The fourth-order valence-corrected chi connectivity index (χ4v) is 4.68. The van der Waals surface area contributed by atoms with E-state index < -0.39 is 9.84 Å². The third-order valence-corrected chi connectivity index (χ3v) is 6.78. The Morgan fingerprint density at radius 1 is 1.13 bits per heavy atom. The Bertz CT molecular complexity index is 1320. The number of halogens is 1. The van der Waals surface area contributed by atoms with Gasteiger partial charge in [0.15, 0.2) is 0 Å². The zero-order valence-electron chi connectivity index (χ0n) is 16.7. The predicted octanol–water partition coefficient (Wildman–Crippen LogP) is 4.39. The van der Waals surface area contributed by atoms with Crippen molar-refractivity contribution < 1.29 is 8.42 Å². The van der Waals surface area contributed by atoms with E-state index in [1.807, 2.05) is 47.8 Å². The molecule has 0 saturated carbocycles. The average molecular weight is 518 g/mol. The number of nitrogens with zero attached hydrogens (tertiary/aromatic N) is 3. The summed E-state index contributed by atoms with van der Waals surface area (Å²) in [5, 5.41) is 10.3. The number of aromatic nitrogens is 3. The van der Waals surface area contributed by atoms with Gasteiger partial charge in [-0.05, 0) is 30.3 Å². The number of sulfone groups is 1. The molecule has 0 amide bonds. The molecule has 0 radical (unpaired) electrons. The lowest BCUT2D eigenvalue weighted by Crippen LogP contribution is -2.21. The van der Waals surface area contributed by atoms with Crippen LogP contribution in [-0.2, 0) is 16.4 Å². The molecule has 2 aromatic heterocycles. The van der Waals surface area contributed by atoms with Crippen LogP contribution in [0.1, 0.15) is 5.01 Å². The Balaban J connectivity index is 1.54. The quantitative estimate of drug-likeness (QED) is 0.334. The van der Waals surface area contributed by atoms with E-state index in [0.717, 1.165) is 43.1 Å². The minimum Gasteiger partial charge on any atom is -0.340 e. The standard InChI is InChI=1S/C21H20BrN5O2S2/c1-31(28,29)8-7-23-11-20-27-19(12-30-20)14-5-6-18-17(9-14)21(25-13-24-18)26-16-4-2-3-15(22)10-16/h2-6,9-10,12-13,23H,7-8,11H2,1H3,(H,24,25,26). The van der Waals surface area contributed by atoms with Crippen LogP contribution < -0.4 is 10.6 Å². The first-order valence-electron chi connectivity index (χ1n) is 9.48. The molecule has 31 heavy (non-hydrogen) atoms. The average Bonchev–Trinajstić information content (AvgIpc) is 3.20. The molecule has 2 N–H and O–H groups in total. The molecule has 0 bridgehead atoms. The molecule has 0 atom stereocenters. The molecule has 0 unspecified atom stereocenters. The number of rotatable bonds is 8. The highest BCUT2D eigenvalue weighted by molar-refractivity contribution is 9.10. The lowest BCUT2D eigenvalue weighted by Gasteiger charge is -2.09. The maximum Gasteiger partial charge on any atom is 0.148 e. The van der Waals surface area contributed by atoms with Gasteiger partial charge < -0.3 is 10.6 Å². The maximum atomic E-state index is 11.2. The molecule has 4 aromatic rings. The van der Waals surface area contributed by atoms with Crippen molar-refractivity contribution in [1.82, 2.24) is 20.3 Å². The Morgan fingerprint density at radius 2 is 2.00 bits per heavy atom. The molecule has 7 nitrogen and oxygen atoms in total. The van der Waals surface area contributed by atoms with Crippen molar-refractivity contribution in [2.45, 2.75) is 6.54 Å². The SMILES string of the molecule is CS(=O)(=O)CCNCc1nc(-c2ccc3ncnc(Nc4cccc(Br)c4)c3c2)cs1. The first-order valence-corrected chi connectivity index (χ1v) is 13.2. The van der Waals surface area contributed by atoms with Gasteiger partial charge in [0.2, 0.25) is 0 Å². The van der Waals surface area contributed by atoms with Crippen LogP contribution in [0.5, 0.6) is 0 Å². The van der Waals surface area contributed by atoms with Gasteiger partial charge in [-0.3, -0.25) is 0 Å². The monoisotopic (exact) mass is 517 g/mol. The normalized spacial score (nSPS) is 11.7. The maximum absolute atomic E-state index is 11.2. The van der Waals surface area contributed by atoms with Crippen LogP contribution >= 0.6 is 27.3 Å². The van der Waals surface area contributed by atoms with E-state index in [1.165, 1.54) is 6.26 Å². The summed E-state index contributed by atoms with van der Waals surface area (Å²) in [4.78, 5) is 13.5. The third kappa shape index (κ3) is 5.85. The van der Waals surface area contributed by atoms with E-state index >= 15 is 0 Å². The molecular formula is C21H20BrN5O2S2. The second-order valence-electron chi connectivity index (χ2n) is 7.02. The summed E-state index contributed by atoms with van der Waals surface area (Å²) in [6.07, 6.45) is 2.78. The summed E-state index contributed by atoms with van der Waals surface area (Å²) in [5.41, 5.74) is 3.60. The van der Waals surface area contributed by atoms with E-state index in [4.69, 9.17) is 0 Å². The largest absolute Gasteiger partial charge is 0.340 e. The summed E-state index contributed by atoms with van der Waals surface area (Å²) in [6.45, 7) is 0.943. The van der Waals surface area contributed by atoms with Gasteiger partial charge in [0.05, 0.1) is 17.0 Å². The highest BCUT2D eigenvalue weighted by Crippen LogP contribution is 2.29. The third-order valence-electron chi connectivity index (χ3n) is 4.50. The van der Waals surface area contributed by atoms with Gasteiger partial charge >= 0.3 is 0 Å². The number of fused-ring (bicyclic) bond motifs is 1. The second-order valence-corrected chi connectivity index (χ2v) is 11.1. The molecule has 2 aromatic carbocycles.